The molecule has 0 unspecified atom stereocenters. The van der Waals surface area contributed by atoms with Gasteiger partial charge in [-0.2, -0.15) is 0 Å². The van der Waals surface area contributed by atoms with Gasteiger partial charge in [-0.15, -0.1) is 0 Å². The van der Waals surface area contributed by atoms with E-state index in [0.29, 0.717) is 0 Å². The second-order valence-corrected chi connectivity index (χ2v) is 3.35. The van der Waals surface area contributed by atoms with Gasteiger partial charge in [0, 0.05) is 0 Å². The molecule has 0 bridgehead atoms. The lowest BCUT2D eigenvalue weighted by Crippen LogP contribution is -2.07. The van der Waals surface area contributed by atoms with Crippen molar-refractivity contribution in [2.75, 3.05) is 0 Å². The average Bonchev–Trinajstić information content (AvgIpc) is 1.86. The predicted octanol–water partition coefficient (Wildman–Crippen LogP) is 1.97. The molecular weight excluding hydrogens is 187 g/mol. The maximum Gasteiger partial charge on any atom is 0.245 e. The summed E-state index contributed by atoms with van der Waals surface area (Å²) >= 11 is 10.6. The minimum Gasteiger partial charge on any atom is -0.507 e. The zero-order valence-electron chi connectivity index (χ0n) is 5.46. The van der Waals surface area contributed by atoms with Crippen molar-refractivity contribution in [2.45, 2.75) is 4.52 Å². The Morgan fingerprint density at radius 3 is 2.09 bits per heavy atom. The molecular formula is C7H6Cl2O2. The molecule has 0 amide bonds. The van der Waals surface area contributed by atoms with Gasteiger partial charge in [-0.25, -0.2) is 0 Å². The van der Waals surface area contributed by atoms with Crippen LogP contribution in [0.4, 0.5) is 0 Å². The van der Waals surface area contributed by atoms with Crippen LogP contribution in [0.1, 0.15) is 5.56 Å². The van der Waals surface area contributed by atoms with E-state index >= 15 is 0 Å². The molecule has 2 nitrogen and oxygen atoms in total. The highest BCUT2D eigenvalue weighted by Crippen LogP contribution is 2.35. The van der Waals surface area contributed by atoms with Crippen LogP contribution in [0.3, 0.4) is 0 Å². The number of aliphatic hydroxyl groups is 1. The van der Waals surface area contributed by atoms with Gasteiger partial charge >= 0.3 is 0 Å². The van der Waals surface area contributed by atoms with Crippen LogP contribution in [-0.4, -0.2) is 10.2 Å². The van der Waals surface area contributed by atoms with Gasteiger partial charge in [0.2, 0.25) is 4.52 Å². The number of aromatic hydroxyl groups is 1. The molecule has 1 aromatic carbocycles. The lowest BCUT2D eigenvalue weighted by molar-refractivity contribution is 0.214. The summed E-state index contributed by atoms with van der Waals surface area (Å²) < 4.78 is -2.02. The molecule has 60 valence electrons. The number of phenolic OH excluding ortho intramolecular Hbond substituents is 1. The zero-order valence-corrected chi connectivity index (χ0v) is 6.97. The highest BCUT2D eigenvalue weighted by Gasteiger charge is 2.25. The Kier molecular flexibility index (Phi) is 2.28. The Hall–Kier alpha value is -0.440. The highest BCUT2D eigenvalue weighted by atomic mass is 35.5. The SMILES string of the molecule is Oc1ccccc1C(O)(Cl)Cl. The van der Waals surface area contributed by atoms with E-state index in [9.17, 15) is 0 Å². The summed E-state index contributed by atoms with van der Waals surface area (Å²) in [6.07, 6.45) is 0. The third kappa shape index (κ3) is 1.99. The number of alkyl halides is 2. The summed E-state index contributed by atoms with van der Waals surface area (Å²) in [4.78, 5) is 0. The molecule has 0 spiro atoms. The van der Waals surface area contributed by atoms with E-state index in [4.69, 9.17) is 33.4 Å². The van der Waals surface area contributed by atoms with Crippen LogP contribution in [-0.2, 0) is 4.52 Å². The molecule has 0 radical (unpaired) electrons. The third-order valence-corrected chi connectivity index (χ3v) is 1.64. The quantitative estimate of drug-likeness (QED) is 0.669. The fourth-order valence-electron chi connectivity index (χ4n) is 0.728. The number of halogens is 2. The average molecular weight is 193 g/mol. The van der Waals surface area contributed by atoms with Crippen molar-refractivity contribution in [3.05, 3.63) is 29.8 Å². The monoisotopic (exact) mass is 192 g/mol. The van der Waals surface area contributed by atoms with E-state index in [2.05, 4.69) is 0 Å². The smallest absolute Gasteiger partial charge is 0.245 e. The van der Waals surface area contributed by atoms with Gasteiger partial charge < -0.3 is 10.2 Å². The van der Waals surface area contributed by atoms with E-state index in [-0.39, 0.29) is 11.3 Å². The van der Waals surface area contributed by atoms with Gasteiger partial charge in [0.15, 0.2) is 0 Å². The minimum atomic E-state index is -2.02. The second-order valence-electron chi connectivity index (χ2n) is 2.06. The Bertz CT molecular complexity index is 255. The second kappa shape index (κ2) is 2.89. The molecule has 0 aromatic heterocycles. The maximum absolute atomic E-state index is 9.12. The van der Waals surface area contributed by atoms with Crippen molar-refractivity contribution in [1.29, 1.82) is 0 Å². The molecule has 4 heteroatoms. The molecule has 1 aromatic rings. The van der Waals surface area contributed by atoms with Crippen molar-refractivity contribution in [1.82, 2.24) is 0 Å². The summed E-state index contributed by atoms with van der Waals surface area (Å²) in [5.41, 5.74) is 0.0864. The third-order valence-electron chi connectivity index (χ3n) is 1.23. The molecule has 0 saturated heterocycles. The summed E-state index contributed by atoms with van der Waals surface area (Å²) in [5.74, 6) is -0.125. The normalized spacial score (nSPS) is 11.5. The first-order valence-corrected chi connectivity index (χ1v) is 3.66. The van der Waals surface area contributed by atoms with Crippen molar-refractivity contribution in [3.63, 3.8) is 0 Å². The first-order valence-electron chi connectivity index (χ1n) is 2.90. The van der Waals surface area contributed by atoms with E-state index in [1.807, 2.05) is 0 Å². The molecule has 11 heavy (non-hydrogen) atoms. The Morgan fingerprint density at radius 2 is 1.73 bits per heavy atom. The minimum absolute atomic E-state index is 0.0864. The van der Waals surface area contributed by atoms with E-state index < -0.39 is 4.52 Å². The number of para-hydroxylation sites is 1. The van der Waals surface area contributed by atoms with Gasteiger partial charge in [-0.3, -0.25) is 0 Å². The predicted molar refractivity (Wildman–Crippen MR) is 43.7 cm³/mol. The van der Waals surface area contributed by atoms with Crippen LogP contribution in [0.15, 0.2) is 24.3 Å². The Balaban J connectivity index is 3.14. The van der Waals surface area contributed by atoms with Crippen LogP contribution in [0.25, 0.3) is 0 Å². The summed E-state index contributed by atoms with van der Waals surface area (Å²) in [5, 5.41) is 18.2. The fourth-order valence-corrected chi connectivity index (χ4v) is 1.05. The Morgan fingerprint density at radius 1 is 1.18 bits per heavy atom. The largest absolute Gasteiger partial charge is 0.507 e. The van der Waals surface area contributed by atoms with Crippen LogP contribution in [0, 0.1) is 0 Å². The molecule has 0 aliphatic rings. The fraction of sp³-hybridized carbons (Fsp3) is 0.143. The summed E-state index contributed by atoms with van der Waals surface area (Å²) in [6, 6.07) is 6.06. The molecule has 0 atom stereocenters. The molecule has 0 aliphatic carbocycles. The van der Waals surface area contributed by atoms with Crippen molar-refractivity contribution in [3.8, 4) is 5.75 Å². The molecule has 1 rings (SSSR count). The Labute approximate surface area is 74.0 Å². The highest BCUT2D eigenvalue weighted by molar-refractivity contribution is 6.46. The zero-order chi connectivity index (χ0) is 8.48. The van der Waals surface area contributed by atoms with Crippen molar-refractivity contribution in [2.24, 2.45) is 0 Å². The first kappa shape index (κ1) is 8.65. The number of hydrogen-bond donors (Lipinski definition) is 2. The van der Waals surface area contributed by atoms with Gasteiger partial charge in [0.05, 0.1) is 5.56 Å². The van der Waals surface area contributed by atoms with E-state index in [1.54, 1.807) is 12.1 Å². The topological polar surface area (TPSA) is 40.5 Å². The van der Waals surface area contributed by atoms with Gasteiger partial charge in [0.1, 0.15) is 5.75 Å². The lowest BCUT2D eigenvalue weighted by Gasteiger charge is -2.12. The standard InChI is InChI=1S/C7H6Cl2O2/c8-7(9,11)5-3-1-2-4-6(5)10/h1-4,10-11H. The van der Waals surface area contributed by atoms with Gasteiger partial charge in [-0.1, -0.05) is 35.3 Å². The lowest BCUT2D eigenvalue weighted by atomic mass is 10.2. The summed E-state index contributed by atoms with van der Waals surface area (Å²) in [7, 11) is 0. The molecule has 2 N–H and O–H groups in total. The molecule has 0 fully saturated rings. The van der Waals surface area contributed by atoms with Crippen molar-refractivity contribution < 1.29 is 10.2 Å². The number of benzene rings is 1. The molecule has 0 saturated carbocycles. The first-order chi connectivity index (χ1) is 5.02. The van der Waals surface area contributed by atoms with Crippen LogP contribution in [0.5, 0.6) is 5.75 Å². The van der Waals surface area contributed by atoms with E-state index in [0.717, 1.165) is 0 Å². The maximum atomic E-state index is 9.12. The number of phenols is 1. The van der Waals surface area contributed by atoms with Gasteiger partial charge in [-0.05, 0) is 12.1 Å². The molecule has 0 aliphatic heterocycles. The van der Waals surface area contributed by atoms with Crippen LogP contribution >= 0.6 is 23.2 Å². The van der Waals surface area contributed by atoms with Gasteiger partial charge in [0.25, 0.3) is 0 Å². The van der Waals surface area contributed by atoms with Crippen LogP contribution < -0.4 is 0 Å². The summed E-state index contributed by atoms with van der Waals surface area (Å²) in [6.45, 7) is 0. The van der Waals surface area contributed by atoms with Crippen molar-refractivity contribution >= 4 is 23.2 Å². The number of rotatable bonds is 1. The van der Waals surface area contributed by atoms with E-state index in [1.165, 1.54) is 12.1 Å². The van der Waals surface area contributed by atoms with Crippen LogP contribution in [0.2, 0.25) is 0 Å². The molecule has 0 heterocycles. The number of hydrogen-bond acceptors (Lipinski definition) is 2.